The van der Waals surface area contributed by atoms with Gasteiger partial charge in [-0.25, -0.2) is 9.97 Å². The van der Waals surface area contributed by atoms with E-state index in [1.54, 1.807) is 6.20 Å². The average molecular weight is 305 g/mol. The Morgan fingerprint density at radius 2 is 2.05 bits per heavy atom. The minimum absolute atomic E-state index is 0.236. The van der Waals surface area contributed by atoms with E-state index in [2.05, 4.69) is 25.6 Å². The maximum Gasteiger partial charge on any atom is 0.154 e. The van der Waals surface area contributed by atoms with Crippen LogP contribution in [0.25, 0.3) is 11.0 Å². The molecule has 6 N–H and O–H groups in total. The fourth-order valence-electron chi connectivity index (χ4n) is 3.02. The first-order chi connectivity index (χ1) is 10.7. The Labute approximate surface area is 126 Å². The Morgan fingerprint density at radius 1 is 1.23 bits per heavy atom. The molecule has 3 heterocycles. The number of aliphatic hydroxyl groups excluding tert-OH is 3. The molecule has 1 aliphatic carbocycles. The van der Waals surface area contributed by atoms with Gasteiger partial charge in [-0.3, -0.25) is 0 Å². The SMILES string of the molecule is OCC1NC(c2c[nH]c3c(NC4CC4)ncnc23)C(O)C1O. The molecule has 2 aliphatic rings. The lowest BCUT2D eigenvalue weighted by Gasteiger charge is -2.14. The number of hydrogen-bond acceptors (Lipinski definition) is 7. The van der Waals surface area contributed by atoms with Crippen LogP contribution in [-0.4, -0.2) is 61.2 Å². The van der Waals surface area contributed by atoms with E-state index in [-0.39, 0.29) is 6.61 Å². The first-order valence-corrected chi connectivity index (χ1v) is 7.50. The zero-order chi connectivity index (χ0) is 15.3. The predicted molar refractivity (Wildman–Crippen MR) is 79.3 cm³/mol. The summed E-state index contributed by atoms with van der Waals surface area (Å²) in [5.41, 5.74) is 2.26. The van der Waals surface area contributed by atoms with E-state index in [4.69, 9.17) is 0 Å². The molecule has 0 spiro atoms. The van der Waals surface area contributed by atoms with Crippen LogP contribution in [-0.2, 0) is 0 Å². The number of aromatic amines is 1. The van der Waals surface area contributed by atoms with E-state index in [1.807, 2.05) is 0 Å². The number of nitrogens with one attached hydrogen (secondary N) is 3. The van der Waals surface area contributed by atoms with Gasteiger partial charge in [0.1, 0.15) is 17.9 Å². The predicted octanol–water partition coefficient (Wildman–Crippen LogP) is -0.741. The highest BCUT2D eigenvalue weighted by Crippen LogP contribution is 2.34. The van der Waals surface area contributed by atoms with Crippen LogP contribution in [0, 0.1) is 0 Å². The van der Waals surface area contributed by atoms with Crippen LogP contribution in [0.2, 0.25) is 0 Å². The van der Waals surface area contributed by atoms with Crippen molar-refractivity contribution in [1.82, 2.24) is 20.3 Å². The number of fused-ring (bicyclic) bond motifs is 1. The Morgan fingerprint density at radius 3 is 2.73 bits per heavy atom. The summed E-state index contributed by atoms with van der Waals surface area (Å²) < 4.78 is 0. The maximum atomic E-state index is 10.2. The molecule has 118 valence electrons. The van der Waals surface area contributed by atoms with Crippen molar-refractivity contribution in [1.29, 1.82) is 0 Å². The second kappa shape index (κ2) is 5.17. The van der Waals surface area contributed by atoms with Crippen molar-refractivity contribution >= 4 is 16.9 Å². The summed E-state index contributed by atoms with van der Waals surface area (Å²) in [5.74, 6) is 0.755. The van der Waals surface area contributed by atoms with E-state index in [0.29, 0.717) is 11.6 Å². The smallest absolute Gasteiger partial charge is 0.154 e. The van der Waals surface area contributed by atoms with E-state index < -0.39 is 24.3 Å². The lowest BCUT2D eigenvalue weighted by atomic mass is 10.0. The fourth-order valence-corrected chi connectivity index (χ4v) is 3.02. The maximum absolute atomic E-state index is 10.2. The normalized spacial score (nSPS) is 31.8. The Kier molecular flexibility index (Phi) is 3.26. The Bertz CT molecular complexity index is 686. The second-order valence-electron chi connectivity index (χ2n) is 6.02. The first kappa shape index (κ1) is 13.9. The van der Waals surface area contributed by atoms with Crippen LogP contribution in [0.1, 0.15) is 24.4 Å². The molecular weight excluding hydrogens is 286 g/mol. The monoisotopic (exact) mass is 305 g/mol. The minimum atomic E-state index is -1.01. The molecule has 4 atom stereocenters. The van der Waals surface area contributed by atoms with Gasteiger partial charge in [0.05, 0.1) is 30.3 Å². The second-order valence-corrected chi connectivity index (χ2v) is 6.02. The van der Waals surface area contributed by atoms with Gasteiger partial charge in [-0.15, -0.1) is 0 Å². The van der Waals surface area contributed by atoms with Gasteiger partial charge < -0.3 is 30.9 Å². The third-order valence-electron chi connectivity index (χ3n) is 4.44. The molecule has 1 saturated heterocycles. The van der Waals surface area contributed by atoms with Gasteiger partial charge in [-0.2, -0.15) is 0 Å². The van der Waals surface area contributed by atoms with Gasteiger partial charge in [-0.1, -0.05) is 0 Å². The third-order valence-corrected chi connectivity index (χ3v) is 4.44. The summed E-state index contributed by atoms with van der Waals surface area (Å²) in [6.45, 7) is -0.236. The largest absolute Gasteiger partial charge is 0.395 e. The summed E-state index contributed by atoms with van der Waals surface area (Å²) in [4.78, 5) is 11.7. The molecule has 1 aliphatic heterocycles. The standard InChI is InChI=1S/C14H19N5O3/c20-4-8-12(21)13(22)10(19-8)7-3-15-11-9(7)16-5-17-14(11)18-6-1-2-6/h3,5-6,8,10,12-13,15,19-22H,1-2,4H2,(H,16,17,18). The molecule has 2 fully saturated rings. The number of anilines is 1. The van der Waals surface area contributed by atoms with Gasteiger partial charge in [0.25, 0.3) is 0 Å². The summed E-state index contributed by atoms with van der Waals surface area (Å²) in [5, 5.41) is 35.8. The van der Waals surface area contributed by atoms with E-state index in [1.165, 1.54) is 6.33 Å². The molecule has 4 rings (SSSR count). The molecule has 2 aromatic rings. The summed E-state index contributed by atoms with van der Waals surface area (Å²) in [6.07, 6.45) is 3.55. The number of aromatic nitrogens is 3. The van der Waals surface area contributed by atoms with E-state index in [9.17, 15) is 15.3 Å². The molecule has 4 unspecified atom stereocenters. The molecule has 1 saturated carbocycles. The molecule has 2 aromatic heterocycles. The molecule has 0 amide bonds. The molecule has 8 nitrogen and oxygen atoms in total. The summed E-state index contributed by atoms with van der Waals surface area (Å²) in [7, 11) is 0. The van der Waals surface area contributed by atoms with Gasteiger partial charge >= 0.3 is 0 Å². The van der Waals surface area contributed by atoms with Crippen molar-refractivity contribution in [2.75, 3.05) is 11.9 Å². The quantitative estimate of drug-likeness (QED) is 0.439. The number of aliphatic hydroxyl groups is 3. The Hall–Kier alpha value is -1.74. The van der Waals surface area contributed by atoms with Crippen LogP contribution in [0.15, 0.2) is 12.5 Å². The lowest BCUT2D eigenvalue weighted by molar-refractivity contribution is 0.0196. The average Bonchev–Trinajstić information content (AvgIpc) is 3.16. The molecule has 0 aromatic carbocycles. The highest BCUT2D eigenvalue weighted by Gasteiger charge is 2.42. The van der Waals surface area contributed by atoms with Gasteiger partial charge in [0.15, 0.2) is 5.82 Å². The lowest BCUT2D eigenvalue weighted by Crippen LogP contribution is -2.35. The van der Waals surface area contributed by atoms with Crippen LogP contribution in [0.4, 0.5) is 5.82 Å². The van der Waals surface area contributed by atoms with Gasteiger partial charge in [0, 0.05) is 17.8 Å². The third kappa shape index (κ3) is 2.15. The minimum Gasteiger partial charge on any atom is -0.395 e. The van der Waals surface area contributed by atoms with Crippen molar-refractivity contribution in [3.63, 3.8) is 0 Å². The fraction of sp³-hybridized carbons (Fsp3) is 0.571. The number of hydrogen-bond donors (Lipinski definition) is 6. The number of nitrogens with zero attached hydrogens (tertiary/aromatic N) is 2. The molecular formula is C14H19N5O3. The zero-order valence-corrected chi connectivity index (χ0v) is 11.9. The van der Waals surface area contributed by atoms with Crippen molar-refractivity contribution in [2.24, 2.45) is 0 Å². The van der Waals surface area contributed by atoms with Crippen LogP contribution in [0.3, 0.4) is 0 Å². The molecule has 22 heavy (non-hydrogen) atoms. The van der Waals surface area contributed by atoms with Crippen LogP contribution in [0.5, 0.6) is 0 Å². The van der Waals surface area contributed by atoms with Crippen molar-refractivity contribution < 1.29 is 15.3 Å². The van der Waals surface area contributed by atoms with Gasteiger partial charge in [0.2, 0.25) is 0 Å². The first-order valence-electron chi connectivity index (χ1n) is 7.50. The van der Waals surface area contributed by atoms with Gasteiger partial charge in [-0.05, 0) is 12.8 Å². The highest BCUT2D eigenvalue weighted by molar-refractivity contribution is 5.88. The highest BCUT2D eigenvalue weighted by atomic mass is 16.3. The summed E-state index contributed by atoms with van der Waals surface area (Å²) >= 11 is 0. The molecule has 0 bridgehead atoms. The van der Waals surface area contributed by atoms with E-state index >= 15 is 0 Å². The van der Waals surface area contributed by atoms with Crippen LogP contribution >= 0.6 is 0 Å². The molecule has 0 radical (unpaired) electrons. The van der Waals surface area contributed by atoms with E-state index in [0.717, 1.165) is 29.7 Å². The topological polar surface area (TPSA) is 126 Å². The molecule has 8 heteroatoms. The zero-order valence-electron chi connectivity index (χ0n) is 11.9. The number of rotatable bonds is 4. The van der Waals surface area contributed by atoms with Crippen molar-refractivity contribution in [3.8, 4) is 0 Å². The number of H-pyrrole nitrogens is 1. The Balaban J connectivity index is 1.70. The van der Waals surface area contributed by atoms with Crippen molar-refractivity contribution in [3.05, 3.63) is 18.1 Å². The summed E-state index contributed by atoms with van der Waals surface area (Å²) in [6, 6.07) is -0.555. The van der Waals surface area contributed by atoms with Crippen LogP contribution < -0.4 is 10.6 Å². The van der Waals surface area contributed by atoms with Crippen molar-refractivity contribution in [2.45, 2.75) is 43.2 Å².